The van der Waals surface area contributed by atoms with Crippen LogP contribution in [-0.2, 0) is 10.4 Å². The summed E-state index contributed by atoms with van der Waals surface area (Å²) < 4.78 is 5.23. The Labute approximate surface area is 110 Å². The molecule has 1 N–H and O–H groups in total. The lowest BCUT2D eigenvalue weighted by Crippen LogP contribution is -2.36. The summed E-state index contributed by atoms with van der Waals surface area (Å²) in [6.07, 6.45) is 0.336. The minimum atomic E-state index is -1.55. The number of benzene rings is 1. The molecular formula is C14H14N2O3. The lowest BCUT2D eigenvalue weighted by Gasteiger charge is -2.16. The molecule has 1 aromatic carbocycles. The molecule has 1 saturated heterocycles. The van der Waals surface area contributed by atoms with Crippen molar-refractivity contribution in [1.29, 1.82) is 0 Å². The normalized spacial score (nSPS) is 23.1. The van der Waals surface area contributed by atoms with Gasteiger partial charge in [0.25, 0.3) is 5.91 Å². The Kier molecular flexibility index (Phi) is 2.64. The highest BCUT2D eigenvalue weighted by atomic mass is 16.5. The van der Waals surface area contributed by atoms with Crippen molar-refractivity contribution in [2.75, 3.05) is 13.6 Å². The molecule has 3 rings (SSSR count). The molecular weight excluding hydrogens is 244 g/mol. The maximum Gasteiger partial charge on any atom is 0.260 e. The van der Waals surface area contributed by atoms with Gasteiger partial charge in [-0.2, -0.15) is 0 Å². The summed E-state index contributed by atoms with van der Waals surface area (Å²) >= 11 is 0. The number of aliphatic hydroxyl groups is 1. The monoisotopic (exact) mass is 258 g/mol. The molecule has 0 saturated carbocycles. The first-order chi connectivity index (χ1) is 9.11. The third-order valence-electron chi connectivity index (χ3n) is 3.50. The van der Waals surface area contributed by atoms with E-state index >= 15 is 0 Å². The van der Waals surface area contributed by atoms with Crippen molar-refractivity contribution in [2.24, 2.45) is 0 Å². The molecule has 0 spiro atoms. The average Bonchev–Trinajstić information content (AvgIpc) is 3.03. The van der Waals surface area contributed by atoms with E-state index in [1.165, 1.54) is 4.90 Å². The largest absolute Gasteiger partial charge is 0.374 e. The van der Waals surface area contributed by atoms with Crippen LogP contribution in [0, 0.1) is 0 Å². The van der Waals surface area contributed by atoms with Crippen molar-refractivity contribution in [2.45, 2.75) is 12.0 Å². The fourth-order valence-corrected chi connectivity index (χ4v) is 2.30. The second-order valence-corrected chi connectivity index (χ2v) is 4.78. The van der Waals surface area contributed by atoms with Gasteiger partial charge in [-0.25, -0.2) is 0 Å². The zero-order valence-electron chi connectivity index (χ0n) is 10.5. The van der Waals surface area contributed by atoms with Crippen molar-refractivity contribution >= 4 is 5.91 Å². The summed E-state index contributed by atoms with van der Waals surface area (Å²) in [5, 5.41) is 14.3. The number of nitrogens with zero attached hydrogens (tertiary/aromatic N) is 2. The third kappa shape index (κ3) is 1.82. The molecule has 98 valence electrons. The summed E-state index contributed by atoms with van der Waals surface area (Å²) in [6.45, 7) is 0.517. The van der Waals surface area contributed by atoms with Gasteiger partial charge in [-0.3, -0.25) is 4.79 Å². The molecule has 2 aromatic rings. The quantitative estimate of drug-likeness (QED) is 0.884. The Balaban J connectivity index is 1.96. The van der Waals surface area contributed by atoms with Gasteiger partial charge in [0, 0.05) is 31.6 Å². The summed E-state index contributed by atoms with van der Waals surface area (Å²) in [4.78, 5) is 13.5. The van der Waals surface area contributed by atoms with E-state index in [1.807, 2.05) is 30.3 Å². The van der Waals surface area contributed by atoms with Gasteiger partial charge in [0.15, 0.2) is 11.4 Å². The van der Waals surface area contributed by atoms with Crippen LogP contribution in [0.2, 0.25) is 0 Å². The van der Waals surface area contributed by atoms with Gasteiger partial charge in [-0.05, 0) is 0 Å². The molecule has 1 aromatic heterocycles. The van der Waals surface area contributed by atoms with Gasteiger partial charge in [0.05, 0.1) is 0 Å². The molecule has 5 heteroatoms. The Hall–Kier alpha value is -2.14. The van der Waals surface area contributed by atoms with Crippen molar-refractivity contribution in [3.05, 3.63) is 42.1 Å². The summed E-state index contributed by atoms with van der Waals surface area (Å²) in [7, 11) is 1.67. The highest BCUT2D eigenvalue weighted by molar-refractivity contribution is 5.88. The Morgan fingerprint density at radius 2 is 2.11 bits per heavy atom. The first-order valence-electron chi connectivity index (χ1n) is 6.12. The van der Waals surface area contributed by atoms with Crippen LogP contribution in [-0.4, -0.2) is 34.7 Å². The van der Waals surface area contributed by atoms with Crippen LogP contribution in [0.25, 0.3) is 11.3 Å². The van der Waals surface area contributed by atoms with Crippen LogP contribution in [0.1, 0.15) is 12.1 Å². The average molecular weight is 258 g/mol. The summed E-state index contributed by atoms with van der Waals surface area (Å²) in [5.41, 5.74) is -0.407. The summed E-state index contributed by atoms with van der Waals surface area (Å²) in [6, 6.07) is 11.1. The van der Waals surface area contributed by atoms with E-state index in [-0.39, 0.29) is 11.6 Å². The van der Waals surface area contributed by atoms with E-state index in [9.17, 15) is 9.90 Å². The molecule has 1 aliphatic rings. The zero-order valence-corrected chi connectivity index (χ0v) is 10.5. The SMILES string of the molecule is CN1CCC(O)(c2cc(-c3ccccc3)on2)C1=O. The van der Waals surface area contributed by atoms with Crippen LogP contribution < -0.4 is 0 Å². The maximum absolute atomic E-state index is 12.0. The fraction of sp³-hybridized carbons (Fsp3) is 0.286. The second kappa shape index (κ2) is 4.20. The van der Waals surface area contributed by atoms with Crippen LogP contribution in [0.5, 0.6) is 0 Å². The molecule has 1 unspecified atom stereocenters. The first-order valence-corrected chi connectivity index (χ1v) is 6.12. The van der Waals surface area contributed by atoms with Gasteiger partial charge in [-0.1, -0.05) is 35.5 Å². The Bertz CT molecular complexity index is 608. The number of rotatable bonds is 2. The fourth-order valence-electron chi connectivity index (χ4n) is 2.30. The molecule has 0 aliphatic carbocycles. The van der Waals surface area contributed by atoms with E-state index in [0.29, 0.717) is 18.7 Å². The van der Waals surface area contributed by atoms with Gasteiger partial charge in [0.2, 0.25) is 0 Å². The number of hydrogen-bond donors (Lipinski definition) is 1. The predicted octanol–water partition coefficient (Wildman–Crippen LogP) is 1.39. The van der Waals surface area contributed by atoms with Crippen molar-refractivity contribution < 1.29 is 14.4 Å². The van der Waals surface area contributed by atoms with E-state index < -0.39 is 5.60 Å². The minimum absolute atomic E-state index is 0.278. The number of carbonyl (C=O) groups is 1. The van der Waals surface area contributed by atoms with Crippen molar-refractivity contribution in [1.82, 2.24) is 10.1 Å². The van der Waals surface area contributed by atoms with Gasteiger partial charge in [-0.15, -0.1) is 0 Å². The molecule has 19 heavy (non-hydrogen) atoms. The minimum Gasteiger partial charge on any atom is -0.374 e. The zero-order chi connectivity index (χ0) is 13.5. The van der Waals surface area contributed by atoms with E-state index in [2.05, 4.69) is 5.16 Å². The molecule has 1 aliphatic heterocycles. The number of likely N-dealkylation sites (tertiary alicyclic amines) is 1. The molecule has 1 amide bonds. The molecule has 5 nitrogen and oxygen atoms in total. The van der Waals surface area contributed by atoms with Gasteiger partial charge in [0.1, 0.15) is 5.69 Å². The molecule has 0 bridgehead atoms. The lowest BCUT2D eigenvalue weighted by molar-refractivity contribution is -0.143. The topological polar surface area (TPSA) is 66.6 Å². The maximum atomic E-state index is 12.0. The smallest absolute Gasteiger partial charge is 0.260 e. The standard InChI is InChI=1S/C14H14N2O3/c1-16-8-7-14(18,13(16)17)12-9-11(19-15-12)10-5-3-2-4-6-10/h2-6,9,18H,7-8H2,1H3. The Morgan fingerprint density at radius 1 is 1.37 bits per heavy atom. The number of aromatic nitrogens is 1. The number of carbonyl (C=O) groups excluding carboxylic acids is 1. The van der Waals surface area contributed by atoms with Gasteiger partial charge >= 0.3 is 0 Å². The lowest BCUT2D eigenvalue weighted by atomic mass is 9.97. The second-order valence-electron chi connectivity index (χ2n) is 4.78. The highest BCUT2D eigenvalue weighted by Crippen LogP contribution is 2.33. The molecule has 1 atom stereocenters. The van der Waals surface area contributed by atoms with Crippen molar-refractivity contribution in [3.63, 3.8) is 0 Å². The highest BCUT2D eigenvalue weighted by Gasteiger charge is 2.47. The molecule has 1 fully saturated rings. The Morgan fingerprint density at radius 3 is 2.74 bits per heavy atom. The molecule has 0 radical (unpaired) electrons. The van der Waals surface area contributed by atoms with Crippen molar-refractivity contribution in [3.8, 4) is 11.3 Å². The summed E-state index contributed by atoms with van der Waals surface area (Å²) in [5.74, 6) is 0.215. The van der Waals surface area contributed by atoms with E-state index in [1.54, 1.807) is 13.1 Å². The van der Waals surface area contributed by atoms with Crippen LogP contribution in [0.3, 0.4) is 0 Å². The predicted molar refractivity (Wildman–Crippen MR) is 68.1 cm³/mol. The van der Waals surface area contributed by atoms with Gasteiger partial charge < -0.3 is 14.5 Å². The third-order valence-corrected chi connectivity index (χ3v) is 3.50. The molecule has 2 heterocycles. The number of hydrogen-bond acceptors (Lipinski definition) is 4. The van der Waals surface area contributed by atoms with E-state index in [0.717, 1.165) is 5.56 Å². The first kappa shape index (κ1) is 11.9. The van der Waals surface area contributed by atoms with Crippen LogP contribution >= 0.6 is 0 Å². The van der Waals surface area contributed by atoms with Crippen LogP contribution in [0.15, 0.2) is 40.9 Å². The van der Waals surface area contributed by atoms with E-state index in [4.69, 9.17) is 4.52 Å². The number of amides is 1. The van der Waals surface area contributed by atoms with Crippen LogP contribution in [0.4, 0.5) is 0 Å². The number of likely N-dealkylation sites (N-methyl/N-ethyl adjacent to an activating group) is 1.